The van der Waals surface area contributed by atoms with Crippen LogP contribution in [0.3, 0.4) is 0 Å². The van der Waals surface area contributed by atoms with E-state index in [-0.39, 0.29) is 24.3 Å². The fourth-order valence-corrected chi connectivity index (χ4v) is 4.75. The number of amides is 2. The van der Waals surface area contributed by atoms with Crippen molar-refractivity contribution in [1.29, 1.82) is 0 Å². The molecule has 3 N–H and O–H groups in total. The molecule has 0 spiro atoms. The molecule has 4 rings (SSSR count). The van der Waals surface area contributed by atoms with Crippen LogP contribution in [0.2, 0.25) is 0 Å². The molecule has 3 aromatic rings. The van der Waals surface area contributed by atoms with Crippen LogP contribution in [0.25, 0.3) is 11.3 Å². The maximum Gasteiger partial charge on any atom is 0.412 e. The Kier molecular flexibility index (Phi) is 8.26. The maximum atomic E-state index is 16.1. The number of alkyl halides is 1. The minimum atomic E-state index is -1.34. The summed E-state index contributed by atoms with van der Waals surface area (Å²) < 4.78 is 27.9. The first kappa shape index (κ1) is 27.1. The van der Waals surface area contributed by atoms with Crippen molar-refractivity contribution in [2.75, 3.05) is 32.6 Å². The third-order valence-electron chi connectivity index (χ3n) is 6.99. The molecule has 38 heavy (non-hydrogen) atoms. The first-order valence-electron chi connectivity index (χ1n) is 12.5. The van der Waals surface area contributed by atoms with E-state index in [1.54, 1.807) is 13.3 Å². The molecule has 1 aliphatic heterocycles. The smallest absolute Gasteiger partial charge is 0.412 e. The van der Waals surface area contributed by atoms with Gasteiger partial charge in [-0.15, -0.1) is 0 Å². The van der Waals surface area contributed by atoms with Crippen molar-refractivity contribution in [3.8, 4) is 11.3 Å². The number of methoxy groups -OCH3 is 1. The van der Waals surface area contributed by atoms with E-state index in [0.717, 1.165) is 29.1 Å². The largest absolute Gasteiger partial charge is 0.461 e. The van der Waals surface area contributed by atoms with E-state index in [4.69, 9.17) is 10.2 Å². The van der Waals surface area contributed by atoms with Crippen molar-refractivity contribution >= 4 is 24.0 Å². The van der Waals surface area contributed by atoms with Gasteiger partial charge in [0, 0.05) is 57.5 Å². The second-order valence-electron chi connectivity index (χ2n) is 9.33. The van der Waals surface area contributed by atoms with Gasteiger partial charge in [0.2, 0.25) is 0 Å². The Balaban J connectivity index is 1.52. The number of likely N-dealkylation sites (tertiary alicyclic amines) is 1. The van der Waals surface area contributed by atoms with E-state index in [0.29, 0.717) is 19.5 Å². The van der Waals surface area contributed by atoms with Crippen LogP contribution in [0.1, 0.15) is 41.4 Å². The van der Waals surface area contributed by atoms with Crippen LogP contribution in [0.4, 0.5) is 15.0 Å². The highest BCUT2D eigenvalue weighted by molar-refractivity contribution is 6.00. The van der Waals surface area contributed by atoms with Gasteiger partial charge in [-0.1, -0.05) is 31.2 Å². The van der Waals surface area contributed by atoms with Crippen LogP contribution in [-0.2, 0) is 23.2 Å². The molecule has 0 aliphatic carbocycles. The average Bonchev–Trinajstić information content (AvgIpc) is 3.57. The molecule has 2 amide bonds. The third kappa shape index (κ3) is 5.62. The first-order valence-corrected chi connectivity index (χ1v) is 12.5. The number of nitrogens with one attached hydrogen (secondary N) is 1. The molecule has 1 aliphatic rings. The van der Waals surface area contributed by atoms with Crippen molar-refractivity contribution in [3.63, 3.8) is 0 Å². The summed E-state index contributed by atoms with van der Waals surface area (Å²) in [7, 11) is 2.81. The SMILES string of the molecule is CCc1ccc(-c2ccc(CN3CCC(CC=NC)(n4cc(C(N)=O)c(NC(=O)OC)n4)C(F)C3)cc2)o1. The Morgan fingerprint density at radius 1 is 1.32 bits per heavy atom. The molecule has 0 bridgehead atoms. The Hall–Kier alpha value is -3.99. The number of rotatable bonds is 9. The molecule has 0 saturated carbocycles. The lowest BCUT2D eigenvalue weighted by molar-refractivity contribution is 0.00925. The Morgan fingerprint density at radius 3 is 2.68 bits per heavy atom. The number of nitrogens with zero attached hydrogens (tertiary/aromatic N) is 4. The second-order valence-corrected chi connectivity index (χ2v) is 9.33. The summed E-state index contributed by atoms with van der Waals surface area (Å²) >= 11 is 0. The fraction of sp³-hybridized carbons (Fsp3) is 0.407. The number of ether oxygens (including phenoxy) is 1. The predicted octanol–water partition coefficient (Wildman–Crippen LogP) is 4.01. The van der Waals surface area contributed by atoms with Crippen molar-refractivity contribution in [1.82, 2.24) is 14.7 Å². The molecule has 1 fully saturated rings. The highest BCUT2D eigenvalue weighted by atomic mass is 19.1. The number of aryl methyl sites for hydroxylation is 1. The van der Waals surface area contributed by atoms with Crippen LogP contribution >= 0.6 is 0 Å². The monoisotopic (exact) mass is 524 g/mol. The van der Waals surface area contributed by atoms with Gasteiger partial charge in [0.25, 0.3) is 5.91 Å². The number of furan rings is 1. The number of nitrogens with two attached hydrogens (primary N) is 1. The highest BCUT2D eigenvalue weighted by Gasteiger charge is 2.46. The number of halogens is 1. The van der Waals surface area contributed by atoms with Crippen molar-refractivity contribution in [3.05, 3.63) is 59.5 Å². The molecular weight excluding hydrogens is 491 g/mol. The zero-order valence-electron chi connectivity index (χ0n) is 21.8. The van der Waals surface area contributed by atoms with E-state index in [9.17, 15) is 9.59 Å². The van der Waals surface area contributed by atoms with E-state index >= 15 is 4.39 Å². The number of carbonyl (C=O) groups excluding carboxylic acids is 2. The van der Waals surface area contributed by atoms with Crippen LogP contribution in [0, 0.1) is 0 Å². The standard InChI is InChI=1S/C27H33FN6O4/c1-4-20-9-10-22(38-20)19-7-5-18(6-8-19)15-33-14-12-27(11-13-30-2,23(28)17-33)34-16-21(24(29)35)25(32-34)31-26(36)37-3/h5-10,13,16,23H,4,11-12,14-15,17H2,1-3H3,(H2,29,35)(H,31,32,36). The summed E-state index contributed by atoms with van der Waals surface area (Å²) in [6.07, 6.45) is 2.38. The molecule has 1 saturated heterocycles. The second kappa shape index (κ2) is 11.6. The van der Waals surface area contributed by atoms with Crippen molar-refractivity contribution in [2.24, 2.45) is 10.7 Å². The van der Waals surface area contributed by atoms with Gasteiger partial charge >= 0.3 is 6.09 Å². The molecule has 3 heterocycles. The molecule has 1 aromatic carbocycles. The highest BCUT2D eigenvalue weighted by Crippen LogP contribution is 2.37. The van der Waals surface area contributed by atoms with Gasteiger partial charge in [0.1, 0.15) is 28.8 Å². The Morgan fingerprint density at radius 2 is 2.08 bits per heavy atom. The maximum absolute atomic E-state index is 16.1. The molecule has 11 heteroatoms. The molecule has 0 radical (unpaired) electrons. The van der Waals surface area contributed by atoms with Gasteiger partial charge in [-0.3, -0.25) is 19.7 Å². The van der Waals surface area contributed by atoms with Crippen molar-refractivity contribution in [2.45, 2.75) is 44.4 Å². The average molecular weight is 525 g/mol. The summed E-state index contributed by atoms with van der Waals surface area (Å²) in [6.45, 7) is 3.37. The number of primary amides is 1. The summed E-state index contributed by atoms with van der Waals surface area (Å²) in [5.41, 5.74) is 6.42. The lowest BCUT2D eigenvalue weighted by Gasteiger charge is -2.44. The molecule has 2 unspecified atom stereocenters. The van der Waals surface area contributed by atoms with Gasteiger partial charge in [0.05, 0.1) is 7.11 Å². The quantitative estimate of drug-likeness (QED) is 0.407. The topological polar surface area (TPSA) is 128 Å². The summed E-state index contributed by atoms with van der Waals surface area (Å²) in [6, 6.07) is 12.0. The van der Waals surface area contributed by atoms with Crippen LogP contribution < -0.4 is 11.1 Å². The third-order valence-corrected chi connectivity index (χ3v) is 6.99. The first-order chi connectivity index (χ1) is 18.3. The normalized spacial score (nSPS) is 20.1. The van der Waals surface area contributed by atoms with Gasteiger partial charge in [-0.2, -0.15) is 5.10 Å². The number of benzene rings is 1. The summed E-state index contributed by atoms with van der Waals surface area (Å²) in [5, 5.41) is 6.73. The number of anilines is 1. The zero-order chi connectivity index (χ0) is 27.3. The number of aliphatic imine (C=N–C) groups is 1. The van der Waals surface area contributed by atoms with E-state index in [2.05, 4.69) is 25.0 Å². The van der Waals surface area contributed by atoms with E-state index in [1.165, 1.54) is 18.0 Å². The van der Waals surface area contributed by atoms with Crippen LogP contribution in [0.15, 0.2) is 52.0 Å². The minimum Gasteiger partial charge on any atom is -0.461 e. The van der Waals surface area contributed by atoms with E-state index < -0.39 is 23.7 Å². The molecule has 2 aromatic heterocycles. The zero-order valence-corrected chi connectivity index (χ0v) is 21.8. The number of hydrogen-bond donors (Lipinski definition) is 2. The predicted molar refractivity (Wildman–Crippen MR) is 142 cm³/mol. The summed E-state index contributed by atoms with van der Waals surface area (Å²) in [4.78, 5) is 29.9. The lowest BCUT2D eigenvalue weighted by atomic mass is 9.83. The molecule has 10 nitrogen and oxygen atoms in total. The fourth-order valence-electron chi connectivity index (χ4n) is 4.75. The van der Waals surface area contributed by atoms with Crippen LogP contribution in [0.5, 0.6) is 0 Å². The van der Waals surface area contributed by atoms with Crippen LogP contribution in [-0.4, -0.2) is 66.3 Å². The Bertz CT molecular complexity index is 1300. The molecular formula is C27H33FN6O4. The van der Waals surface area contributed by atoms with E-state index in [1.807, 2.05) is 43.3 Å². The minimum absolute atomic E-state index is 0.0273. The molecule has 202 valence electrons. The number of carbonyl (C=O) groups is 2. The molecule has 2 atom stereocenters. The van der Waals surface area contributed by atoms with Gasteiger partial charge in [-0.05, 0) is 24.1 Å². The number of piperidine rings is 1. The Labute approximate surface area is 220 Å². The van der Waals surface area contributed by atoms with Crippen molar-refractivity contribution < 1.29 is 23.1 Å². The number of aromatic nitrogens is 2. The van der Waals surface area contributed by atoms with Gasteiger partial charge in [0.15, 0.2) is 5.82 Å². The lowest BCUT2D eigenvalue weighted by Crippen LogP contribution is -2.55. The number of hydrogen-bond acceptors (Lipinski definition) is 7. The van der Waals surface area contributed by atoms with Gasteiger partial charge < -0.3 is 19.9 Å². The van der Waals surface area contributed by atoms with Gasteiger partial charge in [-0.25, -0.2) is 9.18 Å². The summed E-state index contributed by atoms with van der Waals surface area (Å²) in [5.74, 6) is 0.901.